The van der Waals surface area contributed by atoms with Crippen LogP contribution in [0.2, 0.25) is 5.02 Å². The van der Waals surface area contributed by atoms with Crippen molar-refractivity contribution in [1.82, 2.24) is 19.5 Å². The van der Waals surface area contributed by atoms with Crippen molar-refractivity contribution in [2.24, 2.45) is 0 Å². The number of nitrogens with zero attached hydrogens (tertiary/aromatic N) is 3. The van der Waals surface area contributed by atoms with Crippen molar-refractivity contribution < 1.29 is 8.42 Å². The molecule has 0 bridgehead atoms. The van der Waals surface area contributed by atoms with Crippen molar-refractivity contribution >= 4 is 33.4 Å². The van der Waals surface area contributed by atoms with E-state index in [9.17, 15) is 8.42 Å². The highest BCUT2D eigenvalue weighted by atomic mass is 35.5. The molecule has 1 aromatic heterocycles. The minimum absolute atomic E-state index is 0.339. The molecular formula is C11H13ClN4O2S2. The van der Waals surface area contributed by atoms with Crippen molar-refractivity contribution in [3.8, 4) is 5.69 Å². The number of benzene rings is 1. The fourth-order valence-electron chi connectivity index (χ4n) is 1.50. The van der Waals surface area contributed by atoms with Gasteiger partial charge < -0.3 is 0 Å². The Labute approximate surface area is 126 Å². The first-order chi connectivity index (χ1) is 9.46. The zero-order valence-corrected chi connectivity index (χ0v) is 13.0. The molecule has 20 heavy (non-hydrogen) atoms. The summed E-state index contributed by atoms with van der Waals surface area (Å²) >= 11 is 7.37. The normalized spacial score (nSPS) is 11.7. The first-order valence-electron chi connectivity index (χ1n) is 5.69. The summed E-state index contributed by atoms with van der Waals surface area (Å²) in [7, 11) is -3.16. The number of aromatic nitrogens is 3. The van der Waals surface area contributed by atoms with Crippen LogP contribution in [0.15, 0.2) is 35.7 Å². The Hall–Kier alpha value is -1.09. The van der Waals surface area contributed by atoms with Gasteiger partial charge in [0.15, 0.2) is 5.16 Å². The Morgan fingerprint density at radius 3 is 2.95 bits per heavy atom. The summed E-state index contributed by atoms with van der Waals surface area (Å²) in [6, 6.07) is 7.34. The van der Waals surface area contributed by atoms with E-state index < -0.39 is 10.0 Å². The van der Waals surface area contributed by atoms with Gasteiger partial charge in [-0.05, 0) is 18.2 Å². The lowest BCUT2D eigenvalue weighted by Crippen LogP contribution is -2.24. The van der Waals surface area contributed by atoms with Crippen LogP contribution in [0.3, 0.4) is 0 Å². The van der Waals surface area contributed by atoms with Gasteiger partial charge in [0.05, 0.1) is 11.9 Å². The van der Waals surface area contributed by atoms with Crippen LogP contribution in [-0.4, -0.2) is 41.7 Å². The minimum Gasteiger partial charge on any atom is -0.277 e. The van der Waals surface area contributed by atoms with E-state index in [0.717, 1.165) is 11.9 Å². The number of thioether (sulfide) groups is 1. The number of sulfonamides is 1. The lowest BCUT2D eigenvalue weighted by Gasteiger charge is -2.06. The molecule has 0 fully saturated rings. The van der Waals surface area contributed by atoms with E-state index in [-0.39, 0.29) is 0 Å². The molecule has 0 aliphatic heterocycles. The van der Waals surface area contributed by atoms with Gasteiger partial charge in [0.2, 0.25) is 10.0 Å². The standard InChI is InChI=1S/C11H13ClN4O2S2/c1-20(17,18)14-5-6-19-11-15-13-8-16(11)10-4-2-3-9(12)7-10/h2-4,7-8,14H,5-6H2,1H3. The van der Waals surface area contributed by atoms with E-state index in [1.54, 1.807) is 17.0 Å². The van der Waals surface area contributed by atoms with Gasteiger partial charge in [-0.25, -0.2) is 13.1 Å². The van der Waals surface area contributed by atoms with Crippen LogP contribution in [0.1, 0.15) is 0 Å². The molecule has 0 atom stereocenters. The fraction of sp³-hybridized carbons (Fsp3) is 0.273. The lowest BCUT2D eigenvalue weighted by molar-refractivity contribution is 0.590. The Morgan fingerprint density at radius 1 is 1.45 bits per heavy atom. The third kappa shape index (κ3) is 4.48. The molecule has 9 heteroatoms. The SMILES string of the molecule is CS(=O)(=O)NCCSc1nncn1-c1cccc(Cl)c1. The second kappa shape index (κ2) is 6.57. The number of nitrogens with one attached hydrogen (secondary N) is 1. The Morgan fingerprint density at radius 2 is 2.25 bits per heavy atom. The molecule has 108 valence electrons. The molecule has 0 saturated carbocycles. The Balaban J connectivity index is 2.02. The summed E-state index contributed by atoms with van der Waals surface area (Å²) in [5, 5.41) is 9.19. The predicted molar refractivity (Wildman–Crippen MR) is 79.9 cm³/mol. The highest BCUT2D eigenvalue weighted by Gasteiger charge is 2.08. The average Bonchev–Trinajstić information content (AvgIpc) is 2.82. The fourth-order valence-corrected chi connectivity index (χ4v) is 3.07. The molecular weight excluding hydrogens is 320 g/mol. The van der Waals surface area contributed by atoms with Gasteiger partial charge in [0, 0.05) is 17.3 Å². The van der Waals surface area contributed by atoms with Crippen LogP contribution < -0.4 is 4.72 Å². The van der Waals surface area contributed by atoms with Gasteiger partial charge in [0.25, 0.3) is 0 Å². The van der Waals surface area contributed by atoms with Gasteiger partial charge in [-0.3, -0.25) is 4.57 Å². The topological polar surface area (TPSA) is 76.9 Å². The van der Waals surface area contributed by atoms with Gasteiger partial charge >= 0.3 is 0 Å². The summed E-state index contributed by atoms with van der Waals surface area (Å²) in [4.78, 5) is 0. The molecule has 1 N–H and O–H groups in total. The molecule has 1 heterocycles. The molecule has 0 saturated heterocycles. The second-order valence-electron chi connectivity index (χ2n) is 3.98. The van der Waals surface area contributed by atoms with Crippen molar-refractivity contribution in [2.75, 3.05) is 18.6 Å². The number of hydrogen-bond donors (Lipinski definition) is 1. The van der Waals surface area contributed by atoms with Crippen LogP contribution >= 0.6 is 23.4 Å². The zero-order chi connectivity index (χ0) is 14.6. The van der Waals surface area contributed by atoms with E-state index >= 15 is 0 Å². The Kier molecular flexibility index (Phi) is 5.03. The summed E-state index contributed by atoms with van der Waals surface area (Å²) < 4.78 is 26.1. The summed E-state index contributed by atoms with van der Waals surface area (Å²) in [5.74, 6) is 0.562. The van der Waals surface area contributed by atoms with Crippen molar-refractivity contribution in [1.29, 1.82) is 0 Å². The first-order valence-corrected chi connectivity index (χ1v) is 8.94. The molecule has 0 radical (unpaired) electrons. The summed E-state index contributed by atoms with van der Waals surface area (Å²) in [5.41, 5.74) is 0.862. The van der Waals surface area contributed by atoms with Gasteiger partial charge in [-0.15, -0.1) is 10.2 Å². The quantitative estimate of drug-likeness (QED) is 0.641. The lowest BCUT2D eigenvalue weighted by atomic mass is 10.3. The van der Waals surface area contributed by atoms with E-state index in [0.29, 0.717) is 22.5 Å². The number of halogens is 1. The van der Waals surface area contributed by atoms with Crippen LogP contribution in [0, 0.1) is 0 Å². The highest BCUT2D eigenvalue weighted by molar-refractivity contribution is 7.99. The molecule has 0 unspecified atom stereocenters. The van der Waals surface area contributed by atoms with Gasteiger partial charge in [-0.1, -0.05) is 29.4 Å². The maximum absolute atomic E-state index is 11.0. The van der Waals surface area contributed by atoms with Crippen LogP contribution in [-0.2, 0) is 10.0 Å². The van der Waals surface area contributed by atoms with Crippen molar-refractivity contribution in [3.63, 3.8) is 0 Å². The molecule has 2 rings (SSSR count). The Bertz CT molecular complexity index is 687. The molecule has 0 amide bonds. The van der Waals surface area contributed by atoms with E-state index in [2.05, 4.69) is 14.9 Å². The van der Waals surface area contributed by atoms with Crippen LogP contribution in [0.4, 0.5) is 0 Å². The highest BCUT2D eigenvalue weighted by Crippen LogP contribution is 2.21. The number of rotatable bonds is 6. The molecule has 0 aliphatic rings. The van der Waals surface area contributed by atoms with Crippen LogP contribution in [0.25, 0.3) is 5.69 Å². The predicted octanol–water partition coefficient (Wildman–Crippen LogP) is 1.56. The van der Waals surface area contributed by atoms with E-state index in [4.69, 9.17) is 11.6 Å². The maximum Gasteiger partial charge on any atom is 0.208 e. The van der Waals surface area contributed by atoms with Gasteiger partial charge in [0.1, 0.15) is 6.33 Å². The van der Waals surface area contributed by atoms with Crippen LogP contribution in [0.5, 0.6) is 0 Å². The third-order valence-electron chi connectivity index (χ3n) is 2.30. The monoisotopic (exact) mass is 332 g/mol. The number of hydrogen-bond acceptors (Lipinski definition) is 5. The average molecular weight is 333 g/mol. The molecule has 0 aliphatic carbocycles. The van der Waals surface area contributed by atoms with Crippen molar-refractivity contribution in [2.45, 2.75) is 5.16 Å². The summed E-state index contributed by atoms with van der Waals surface area (Å²) in [6.07, 6.45) is 2.73. The maximum atomic E-state index is 11.0. The van der Waals surface area contributed by atoms with Gasteiger partial charge in [-0.2, -0.15) is 0 Å². The largest absolute Gasteiger partial charge is 0.277 e. The molecule has 2 aromatic rings. The van der Waals surface area contributed by atoms with E-state index in [1.807, 2.05) is 18.2 Å². The summed E-state index contributed by atoms with van der Waals surface area (Å²) in [6.45, 7) is 0.339. The second-order valence-corrected chi connectivity index (χ2v) is 7.31. The van der Waals surface area contributed by atoms with E-state index in [1.165, 1.54) is 11.8 Å². The molecule has 1 aromatic carbocycles. The minimum atomic E-state index is -3.16. The molecule has 6 nitrogen and oxygen atoms in total. The van der Waals surface area contributed by atoms with Crippen molar-refractivity contribution in [3.05, 3.63) is 35.6 Å². The first kappa shape index (κ1) is 15.3. The zero-order valence-electron chi connectivity index (χ0n) is 10.7. The smallest absolute Gasteiger partial charge is 0.208 e. The third-order valence-corrected chi connectivity index (χ3v) is 4.21. The molecule has 0 spiro atoms.